The van der Waals surface area contributed by atoms with Gasteiger partial charge in [0.2, 0.25) is 10.0 Å². The number of carboxylic acids is 1. The Morgan fingerprint density at radius 1 is 1.33 bits per heavy atom. The summed E-state index contributed by atoms with van der Waals surface area (Å²) >= 11 is 0. The van der Waals surface area contributed by atoms with E-state index in [1.165, 1.54) is 30.3 Å². The number of carbonyl (C=O) groups is 2. The fraction of sp³-hybridized carbons (Fsp3) is 0.444. The zero-order chi connectivity index (χ0) is 20.7. The van der Waals surface area contributed by atoms with Gasteiger partial charge in [0.05, 0.1) is 10.5 Å². The minimum Gasteiger partial charge on any atom is -0.480 e. The monoisotopic (exact) mass is 398 g/mol. The van der Waals surface area contributed by atoms with Gasteiger partial charge in [0.25, 0.3) is 5.91 Å². The molecule has 1 rings (SSSR count). The Balaban J connectivity index is 2.86. The summed E-state index contributed by atoms with van der Waals surface area (Å²) < 4.78 is 32.1. The molecule has 8 nitrogen and oxygen atoms in total. The average Bonchev–Trinajstić information content (AvgIpc) is 2.58. The number of carbonyl (C=O) groups excluding carboxylic acids is 1. The van der Waals surface area contributed by atoms with Gasteiger partial charge in [-0.15, -0.1) is 6.58 Å². The molecule has 1 aromatic carbocycles. The van der Waals surface area contributed by atoms with Crippen molar-refractivity contribution >= 4 is 21.9 Å². The first-order valence-electron chi connectivity index (χ1n) is 8.34. The van der Waals surface area contributed by atoms with Gasteiger partial charge in [0.15, 0.2) is 0 Å². The average molecular weight is 398 g/mol. The minimum absolute atomic E-state index is 0.0412. The Morgan fingerprint density at radius 3 is 2.56 bits per heavy atom. The van der Waals surface area contributed by atoms with Crippen molar-refractivity contribution in [3.8, 4) is 0 Å². The van der Waals surface area contributed by atoms with Gasteiger partial charge in [0, 0.05) is 25.1 Å². The zero-order valence-electron chi connectivity index (χ0n) is 15.7. The van der Waals surface area contributed by atoms with Gasteiger partial charge in [-0.05, 0) is 39.0 Å². The Labute approximate surface area is 159 Å². The Hall–Kier alpha value is -2.23. The van der Waals surface area contributed by atoms with E-state index in [9.17, 15) is 23.1 Å². The van der Waals surface area contributed by atoms with Crippen molar-refractivity contribution in [3.63, 3.8) is 0 Å². The normalized spacial score (nSPS) is 13.0. The molecule has 0 spiro atoms. The van der Waals surface area contributed by atoms with Gasteiger partial charge in [-0.1, -0.05) is 12.1 Å². The van der Waals surface area contributed by atoms with Crippen LogP contribution in [0.2, 0.25) is 0 Å². The molecule has 1 atom stereocenters. The number of hydrogen-bond donors (Lipinski definition) is 3. The molecule has 0 aliphatic carbocycles. The summed E-state index contributed by atoms with van der Waals surface area (Å²) in [6.07, 6.45) is 1.47. The highest BCUT2D eigenvalue weighted by Crippen LogP contribution is 2.12. The molecule has 0 bridgehead atoms. The second kappa shape index (κ2) is 9.63. The van der Waals surface area contributed by atoms with Crippen LogP contribution in [0, 0.1) is 0 Å². The highest BCUT2D eigenvalue weighted by atomic mass is 32.2. The van der Waals surface area contributed by atoms with Crippen molar-refractivity contribution in [2.24, 2.45) is 0 Å². The summed E-state index contributed by atoms with van der Waals surface area (Å²) in [5, 5.41) is 11.7. The lowest BCUT2D eigenvalue weighted by Gasteiger charge is -2.21. The van der Waals surface area contributed by atoms with Crippen LogP contribution in [-0.2, 0) is 19.6 Å². The first-order valence-corrected chi connectivity index (χ1v) is 9.83. The molecule has 0 aliphatic heterocycles. The Kier molecular flexibility index (Phi) is 8.14. The molecule has 27 heavy (non-hydrogen) atoms. The summed E-state index contributed by atoms with van der Waals surface area (Å²) in [4.78, 5) is 23.6. The highest BCUT2D eigenvalue weighted by molar-refractivity contribution is 7.89. The first-order chi connectivity index (χ1) is 12.5. The van der Waals surface area contributed by atoms with Crippen LogP contribution in [0.1, 0.15) is 37.6 Å². The van der Waals surface area contributed by atoms with Crippen LogP contribution < -0.4 is 10.0 Å². The molecule has 1 amide bonds. The summed E-state index contributed by atoms with van der Waals surface area (Å²) in [6.45, 7) is 9.16. The maximum Gasteiger partial charge on any atom is 0.326 e. The standard InChI is InChI=1S/C18H26N2O6S/c1-5-10-19-27(24,25)14-8-6-7-13(12-14)16(21)20-15(17(22)23)9-11-26-18(2,3)4/h5-8,12,15,19H,1,9-11H2,2-4H3,(H,20,21)(H,22,23). The fourth-order valence-corrected chi connectivity index (χ4v) is 3.08. The first kappa shape index (κ1) is 22.8. The van der Waals surface area contributed by atoms with Gasteiger partial charge < -0.3 is 15.2 Å². The Morgan fingerprint density at radius 2 is 2.00 bits per heavy atom. The number of amides is 1. The summed E-state index contributed by atoms with van der Waals surface area (Å²) in [6, 6.07) is 4.20. The number of rotatable bonds is 10. The van der Waals surface area contributed by atoms with Crippen molar-refractivity contribution in [1.82, 2.24) is 10.0 Å². The number of ether oxygens (including phenoxy) is 1. The lowest BCUT2D eigenvalue weighted by Crippen LogP contribution is -2.42. The van der Waals surface area contributed by atoms with Crippen LogP contribution in [0.25, 0.3) is 0 Å². The van der Waals surface area contributed by atoms with Crippen molar-refractivity contribution in [2.45, 2.75) is 43.7 Å². The maximum absolute atomic E-state index is 12.4. The van der Waals surface area contributed by atoms with Crippen LogP contribution in [0.3, 0.4) is 0 Å². The molecule has 0 saturated heterocycles. The number of benzene rings is 1. The second-order valence-corrected chi connectivity index (χ2v) is 8.55. The lowest BCUT2D eigenvalue weighted by atomic mass is 10.1. The number of carboxylic acid groups (broad SMARTS) is 1. The van der Waals surface area contributed by atoms with E-state index in [-0.39, 0.29) is 30.0 Å². The van der Waals surface area contributed by atoms with E-state index in [2.05, 4.69) is 16.6 Å². The van der Waals surface area contributed by atoms with Crippen LogP contribution in [0.4, 0.5) is 0 Å². The number of sulfonamides is 1. The van der Waals surface area contributed by atoms with Crippen molar-refractivity contribution < 1.29 is 27.9 Å². The van der Waals surface area contributed by atoms with Crippen molar-refractivity contribution in [3.05, 3.63) is 42.5 Å². The molecule has 3 N–H and O–H groups in total. The number of aliphatic carboxylic acids is 1. The molecule has 0 radical (unpaired) electrons. The SMILES string of the molecule is C=CCNS(=O)(=O)c1cccc(C(=O)NC(CCOC(C)(C)C)C(=O)O)c1. The van der Waals surface area contributed by atoms with Crippen molar-refractivity contribution in [2.75, 3.05) is 13.2 Å². The van der Waals surface area contributed by atoms with E-state index in [1.54, 1.807) is 0 Å². The third-order valence-electron chi connectivity index (χ3n) is 3.37. The van der Waals surface area contributed by atoms with E-state index in [0.29, 0.717) is 0 Å². The molecule has 1 aromatic rings. The molecule has 0 aromatic heterocycles. The molecular formula is C18H26N2O6S. The van der Waals surface area contributed by atoms with Gasteiger partial charge >= 0.3 is 5.97 Å². The van der Waals surface area contributed by atoms with Gasteiger partial charge in [-0.25, -0.2) is 17.9 Å². The third kappa shape index (κ3) is 7.90. The molecule has 0 heterocycles. The highest BCUT2D eigenvalue weighted by Gasteiger charge is 2.23. The Bertz CT molecular complexity index is 783. The van der Waals surface area contributed by atoms with Crippen LogP contribution >= 0.6 is 0 Å². The van der Waals surface area contributed by atoms with Gasteiger partial charge in [-0.2, -0.15) is 0 Å². The summed E-state index contributed by atoms with van der Waals surface area (Å²) in [7, 11) is -3.79. The molecule has 0 fully saturated rings. The number of nitrogens with one attached hydrogen (secondary N) is 2. The minimum atomic E-state index is -3.79. The topological polar surface area (TPSA) is 122 Å². The van der Waals surface area contributed by atoms with E-state index in [4.69, 9.17) is 4.74 Å². The molecule has 0 saturated carbocycles. The smallest absolute Gasteiger partial charge is 0.326 e. The molecule has 9 heteroatoms. The van der Waals surface area contributed by atoms with Crippen LogP contribution in [0.5, 0.6) is 0 Å². The quantitative estimate of drug-likeness (QED) is 0.514. The van der Waals surface area contributed by atoms with E-state index < -0.39 is 33.5 Å². The predicted molar refractivity (Wildman–Crippen MR) is 101 cm³/mol. The van der Waals surface area contributed by atoms with E-state index >= 15 is 0 Å². The fourth-order valence-electron chi connectivity index (χ4n) is 2.04. The summed E-state index contributed by atoms with van der Waals surface area (Å²) in [5.74, 6) is -1.88. The summed E-state index contributed by atoms with van der Waals surface area (Å²) in [5.41, 5.74) is -0.381. The van der Waals surface area contributed by atoms with Crippen LogP contribution in [0.15, 0.2) is 41.8 Å². The van der Waals surface area contributed by atoms with Crippen molar-refractivity contribution in [1.29, 1.82) is 0 Å². The second-order valence-electron chi connectivity index (χ2n) is 6.78. The van der Waals surface area contributed by atoms with Gasteiger partial charge in [-0.3, -0.25) is 4.79 Å². The molecule has 150 valence electrons. The molecule has 1 unspecified atom stereocenters. The van der Waals surface area contributed by atoms with Gasteiger partial charge in [0.1, 0.15) is 6.04 Å². The molecule has 0 aliphatic rings. The zero-order valence-corrected chi connectivity index (χ0v) is 16.5. The van der Waals surface area contributed by atoms with E-state index in [1.807, 2.05) is 20.8 Å². The van der Waals surface area contributed by atoms with E-state index in [0.717, 1.165) is 0 Å². The van der Waals surface area contributed by atoms with Crippen LogP contribution in [-0.4, -0.2) is 50.2 Å². The predicted octanol–water partition coefficient (Wildman–Crippen LogP) is 1.54. The molecular weight excluding hydrogens is 372 g/mol. The lowest BCUT2D eigenvalue weighted by molar-refractivity contribution is -0.140. The number of hydrogen-bond acceptors (Lipinski definition) is 5. The third-order valence-corrected chi connectivity index (χ3v) is 4.79. The largest absolute Gasteiger partial charge is 0.480 e. The maximum atomic E-state index is 12.4.